The maximum absolute atomic E-state index is 12.6. The number of alkyl halides is 3. The van der Waals surface area contributed by atoms with Gasteiger partial charge in [-0.2, -0.15) is 13.2 Å². The van der Waals surface area contributed by atoms with Crippen LogP contribution in [0, 0.1) is 5.92 Å². The highest BCUT2D eigenvalue weighted by Gasteiger charge is 2.33. The fraction of sp³-hybridized carbons (Fsp3) is 0.412. The minimum absolute atomic E-state index is 0.191. The van der Waals surface area contributed by atoms with Crippen LogP contribution in [0.5, 0.6) is 0 Å². The molecule has 142 valence electrons. The topological polar surface area (TPSA) is 68.3 Å². The van der Waals surface area contributed by atoms with E-state index in [1.54, 1.807) is 0 Å². The van der Waals surface area contributed by atoms with E-state index in [0.717, 1.165) is 43.9 Å². The molecule has 0 aliphatic carbocycles. The van der Waals surface area contributed by atoms with E-state index in [0.29, 0.717) is 12.6 Å². The minimum Gasteiger partial charge on any atom is -0.341 e. The zero-order chi connectivity index (χ0) is 19.0. The molecule has 0 aromatic carbocycles. The molecule has 7 nitrogen and oxygen atoms in total. The lowest BCUT2D eigenvalue weighted by molar-refractivity contribution is -0.141. The molecule has 4 heterocycles. The molecule has 0 unspecified atom stereocenters. The van der Waals surface area contributed by atoms with Crippen LogP contribution in [0.3, 0.4) is 0 Å². The van der Waals surface area contributed by atoms with Crippen LogP contribution in [0.2, 0.25) is 0 Å². The highest BCUT2D eigenvalue weighted by molar-refractivity contribution is 5.46. The van der Waals surface area contributed by atoms with Gasteiger partial charge in [0.1, 0.15) is 0 Å². The largest absolute Gasteiger partial charge is 0.433 e. The SMILES string of the molecule is O=c1cc(C(F)(F)F)ncn1CC1CCN(c2nnc3ccccn23)CC1. The summed E-state index contributed by atoms with van der Waals surface area (Å²) in [5, 5.41) is 8.39. The molecule has 27 heavy (non-hydrogen) atoms. The number of fused-ring (bicyclic) bond motifs is 1. The Hall–Kier alpha value is -2.91. The maximum atomic E-state index is 12.6. The summed E-state index contributed by atoms with van der Waals surface area (Å²) in [6.45, 7) is 1.84. The zero-order valence-electron chi connectivity index (χ0n) is 14.3. The summed E-state index contributed by atoms with van der Waals surface area (Å²) < 4.78 is 41.0. The zero-order valence-corrected chi connectivity index (χ0v) is 14.3. The van der Waals surface area contributed by atoms with Gasteiger partial charge in [0.2, 0.25) is 5.95 Å². The molecule has 1 aliphatic rings. The molecule has 0 bridgehead atoms. The summed E-state index contributed by atoms with van der Waals surface area (Å²) >= 11 is 0. The quantitative estimate of drug-likeness (QED) is 0.699. The van der Waals surface area contributed by atoms with E-state index < -0.39 is 17.4 Å². The monoisotopic (exact) mass is 378 g/mol. The van der Waals surface area contributed by atoms with Gasteiger partial charge < -0.3 is 4.90 Å². The average Bonchev–Trinajstić information content (AvgIpc) is 3.07. The smallest absolute Gasteiger partial charge is 0.341 e. The van der Waals surface area contributed by atoms with E-state index in [4.69, 9.17) is 0 Å². The fourth-order valence-electron chi connectivity index (χ4n) is 3.36. The Morgan fingerprint density at radius 1 is 1.15 bits per heavy atom. The number of hydrogen-bond acceptors (Lipinski definition) is 5. The lowest BCUT2D eigenvalue weighted by atomic mass is 9.97. The van der Waals surface area contributed by atoms with Gasteiger partial charge in [0, 0.05) is 31.9 Å². The summed E-state index contributed by atoms with van der Waals surface area (Å²) in [5.74, 6) is 0.967. The van der Waals surface area contributed by atoms with Gasteiger partial charge in [-0.25, -0.2) is 4.98 Å². The molecule has 1 fully saturated rings. The first-order valence-corrected chi connectivity index (χ1v) is 8.60. The Morgan fingerprint density at radius 3 is 2.63 bits per heavy atom. The Balaban J connectivity index is 1.42. The lowest BCUT2D eigenvalue weighted by Crippen LogP contribution is -2.37. The molecule has 3 aromatic rings. The number of hydrogen-bond donors (Lipinski definition) is 0. The molecule has 0 spiro atoms. The first-order chi connectivity index (χ1) is 12.9. The van der Waals surface area contributed by atoms with Crippen LogP contribution in [0.1, 0.15) is 18.5 Å². The van der Waals surface area contributed by atoms with Gasteiger partial charge >= 0.3 is 6.18 Å². The van der Waals surface area contributed by atoms with Crippen molar-refractivity contribution in [2.24, 2.45) is 5.92 Å². The molecule has 1 saturated heterocycles. The molecule has 0 amide bonds. The van der Waals surface area contributed by atoms with Crippen LogP contribution in [0.15, 0.2) is 41.6 Å². The van der Waals surface area contributed by atoms with Crippen molar-refractivity contribution in [3.05, 3.63) is 52.8 Å². The normalized spacial score (nSPS) is 16.2. The molecular formula is C17H17F3N6O. The van der Waals surface area contributed by atoms with E-state index in [1.165, 1.54) is 4.57 Å². The second-order valence-corrected chi connectivity index (χ2v) is 6.62. The van der Waals surface area contributed by atoms with E-state index >= 15 is 0 Å². The highest BCUT2D eigenvalue weighted by Crippen LogP contribution is 2.26. The average molecular weight is 378 g/mol. The van der Waals surface area contributed by atoms with Crippen molar-refractivity contribution in [1.82, 2.24) is 24.1 Å². The second-order valence-electron chi connectivity index (χ2n) is 6.62. The van der Waals surface area contributed by atoms with Crippen molar-refractivity contribution < 1.29 is 13.2 Å². The van der Waals surface area contributed by atoms with Gasteiger partial charge in [-0.3, -0.25) is 13.8 Å². The predicted octanol–water partition coefficient (Wildman–Crippen LogP) is 2.22. The minimum atomic E-state index is -4.61. The molecule has 4 rings (SSSR count). The van der Waals surface area contributed by atoms with Crippen LogP contribution >= 0.6 is 0 Å². The van der Waals surface area contributed by atoms with E-state index in [1.807, 2.05) is 28.8 Å². The number of nitrogens with zero attached hydrogens (tertiary/aromatic N) is 6. The molecule has 1 aliphatic heterocycles. The number of aromatic nitrogens is 5. The molecule has 0 N–H and O–H groups in total. The molecule has 0 radical (unpaired) electrons. The van der Waals surface area contributed by atoms with Crippen LogP contribution < -0.4 is 10.5 Å². The van der Waals surface area contributed by atoms with Crippen LogP contribution in [0.4, 0.5) is 19.1 Å². The van der Waals surface area contributed by atoms with Crippen molar-refractivity contribution in [2.45, 2.75) is 25.6 Å². The standard InChI is InChI=1S/C17H17F3N6O/c18-17(19,20)13-9-15(27)25(11-21-13)10-12-4-7-24(8-5-12)16-23-22-14-3-1-2-6-26(14)16/h1-3,6,9,11-12H,4-5,7-8,10H2. The third-order valence-electron chi connectivity index (χ3n) is 4.82. The Kier molecular flexibility index (Phi) is 4.33. The molecule has 0 saturated carbocycles. The Morgan fingerprint density at radius 2 is 1.93 bits per heavy atom. The number of piperidine rings is 1. The highest BCUT2D eigenvalue weighted by atomic mass is 19.4. The molecule has 10 heteroatoms. The van der Waals surface area contributed by atoms with Crippen molar-refractivity contribution >= 4 is 11.6 Å². The first kappa shape index (κ1) is 17.5. The fourth-order valence-corrected chi connectivity index (χ4v) is 3.36. The van der Waals surface area contributed by atoms with Gasteiger partial charge in [-0.1, -0.05) is 6.07 Å². The predicted molar refractivity (Wildman–Crippen MR) is 91.4 cm³/mol. The summed E-state index contributed by atoms with van der Waals surface area (Å²) in [4.78, 5) is 17.5. The lowest BCUT2D eigenvalue weighted by Gasteiger charge is -2.32. The van der Waals surface area contributed by atoms with E-state index in [9.17, 15) is 18.0 Å². The van der Waals surface area contributed by atoms with Gasteiger partial charge in [-0.05, 0) is 30.9 Å². The van der Waals surface area contributed by atoms with E-state index in [-0.39, 0.29) is 5.92 Å². The van der Waals surface area contributed by atoms with Crippen LogP contribution in [-0.4, -0.2) is 37.2 Å². The summed E-state index contributed by atoms with van der Waals surface area (Å²) in [6, 6.07) is 6.25. The number of halogens is 3. The Bertz CT molecular complexity index is 1000. The van der Waals surface area contributed by atoms with Crippen molar-refractivity contribution in [3.63, 3.8) is 0 Å². The van der Waals surface area contributed by atoms with E-state index in [2.05, 4.69) is 20.1 Å². The summed E-state index contributed by atoms with van der Waals surface area (Å²) in [6.07, 6.45) is -0.108. The third-order valence-corrected chi connectivity index (χ3v) is 4.82. The molecular weight excluding hydrogens is 361 g/mol. The number of anilines is 1. The van der Waals surface area contributed by atoms with Crippen LogP contribution in [-0.2, 0) is 12.7 Å². The van der Waals surface area contributed by atoms with Crippen molar-refractivity contribution in [2.75, 3.05) is 18.0 Å². The van der Waals surface area contributed by atoms with Crippen LogP contribution in [0.25, 0.3) is 5.65 Å². The van der Waals surface area contributed by atoms with Gasteiger partial charge in [0.15, 0.2) is 11.3 Å². The maximum Gasteiger partial charge on any atom is 0.433 e. The van der Waals surface area contributed by atoms with Crippen molar-refractivity contribution in [1.29, 1.82) is 0 Å². The second kappa shape index (κ2) is 6.67. The first-order valence-electron chi connectivity index (χ1n) is 8.60. The number of pyridine rings is 1. The summed E-state index contributed by atoms with van der Waals surface area (Å²) in [5.41, 5.74) is -1.06. The van der Waals surface area contributed by atoms with Gasteiger partial charge in [0.25, 0.3) is 5.56 Å². The third kappa shape index (κ3) is 3.51. The molecule has 0 atom stereocenters. The summed E-state index contributed by atoms with van der Waals surface area (Å²) in [7, 11) is 0. The Labute approximate surface area is 152 Å². The molecule has 3 aromatic heterocycles. The van der Waals surface area contributed by atoms with Gasteiger partial charge in [-0.15, -0.1) is 10.2 Å². The van der Waals surface area contributed by atoms with Gasteiger partial charge in [0.05, 0.1) is 6.33 Å². The van der Waals surface area contributed by atoms with Crippen molar-refractivity contribution in [3.8, 4) is 0 Å². The number of rotatable bonds is 3.